The SMILES string of the molecule is Cc1ncnc2nncn12. The molecule has 5 nitrogen and oxygen atoms in total. The Kier molecular flexibility index (Phi) is 0.913. The van der Waals surface area contributed by atoms with Crippen molar-refractivity contribution in [2.75, 3.05) is 0 Å². The van der Waals surface area contributed by atoms with Gasteiger partial charge in [-0.05, 0) is 6.92 Å². The van der Waals surface area contributed by atoms with Gasteiger partial charge < -0.3 is 0 Å². The summed E-state index contributed by atoms with van der Waals surface area (Å²) in [6, 6.07) is 0. The van der Waals surface area contributed by atoms with E-state index in [1.54, 1.807) is 10.7 Å². The molecule has 0 radical (unpaired) electrons. The van der Waals surface area contributed by atoms with Crippen molar-refractivity contribution < 1.29 is 0 Å². The van der Waals surface area contributed by atoms with E-state index in [0.717, 1.165) is 5.82 Å². The second-order valence-electron chi connectivity index (χ2n) is 1.92. The summed E-state index contributed by atoms with van der Waals surface area (Å²) in [5.41, 5.74) is 0. The van der Waals surface area contributed by atoms with Gasteiger partial charge in [0.1, 0.15) is 18.5 Å². The van der Waals surface area contributed by atoms with Crippen LogP contribution in [0.4, 0.5) is 0 Å². The van der Waals surface area contributed by atoms with Crippen molar-refractivity contribution >= 4 is 5.78 Å². The predicted molar refractivity (Wildman–Crippen MR) is 33.3 cm³/mol. The number of hydrogen-bond acceptors (Lipinski definition) is 4. The van der Waals surface area contributed by atoms with Crippen LogP contribution in [0.25, 0.3) is 5.78 Å². The predicted octanol–water partition coefficient (Wildman–Crippen LogP) is -0.172. The molecule has 5 heteroatoms. The molecule has 0 atom stereocenters. The highest BCUT2D eigenvalue weighted by molar-refractivity contribution is 5.23. The van der Waals surface area contributed by atoms with Crippen LogP contribution in [0.1, 0.15) is 5.82 Å². The van der Waals surface area contributed by atoms with Crippen molar-refractivity contribution in [2.45, 2.75) is 6.92 Å². The largest absolute Gasteiger partial charge is 0.257 e. The summed E-state index contributed by atoms with van der Waals surface area (Å²) in [6.45, 7) is 1.87. The molecule has 2 rings (SSSR count). The summed E-state index contributed by atoms with van der Waals surface area (Å²) in [5.74, 6) is 1.43. The minimum absolute atomic E-state index is 0.590. The van der Waals surface area contributed by atoms with Crippen molar-refractivity contribution in [2.24, 2.45) is 0 Å². The Labute approximate surface area is 56.8 Å². The van der Waals surface area contributed by atoms with E-state index in [1.165, 1.54) is 6.33 Å². The first-order valence-corrected chi connectivity index (χ1v) is 2.85. The third-order valence-electron chi connectivity index (χ3n) is 1.30. The number of aromatic nitrogens is 5. The van der Waals surface area contributed by atoms with E-state index in [4.69, 9.17) is 0 Å². The van der Waals surface area contributed by atoms with Crippen LogP contribution in [-0.2, 0) is 0 Å². The van der Waals surface area contributed by atoms with Crippen molar-refractivity contribution in [3.63, 3.8) is 0 Å². The Bertz CT molecular complexity index is 352. The topological polar surface area (TPSA) is 56.0 Å². The average molecular weight is 135 g/mol. The van der Waals surface area contributed by atoms with Gasteiger partial charge in [0.05, 0.1) is 0 Å². The van der Waals surface area contributed by atoms with E-state index in [1.807, 2.05) is 6.92 Å². The average Bonchev–Trinajstić information content (AvgIpc) is 2.36. The number of rotatable bonds is 0. The Morgan fingerprint density at radius 3 is 3.10 bits per heavy atom. The Morgan fingerprint density at radius 1 is 1.40 bits per heavy atom. The molecule has 0 aromatic carbocycles. The van der Waals surface area contributed by atoms with Gasteiger partial charge in [0, 0.05) is 0 Å². The monoisotopic (exact) mass is 135 g/mol. The van der Waals surface area contributed by atoms with Gasteiger partial charge in [0.2, 0.25) is 0 Å². The highest BCUT2D eigenvalue weighted by Crippen LogP contribution is 1.93. The molecular formula is C5H5N5. The summed E-state index contributed by atoms with van der Waals surface area (Å²) < 4.78 is 1.72. The van der Waals surface area contributed by atoms with E-state index >= 15 is 0 Å². The van der Waals surface area contributed by atoms with Crippen LogP contribution in [0, 0.1) is 6.92 Å². The number of aryl methyl sites for hydroxylation is 1. The first kappa shape index (κ1) is 5.28. The maximum absolute atomic E-state index is 3.95. The maximum Gasteiger partial charge on any atom is 0.257 e. The van der Waals surface area contributed by atoms with Gasteiger partial charge in [0.15, 0.2) is 0 Å². The van der Waals surface area contributed by atoms with Gasteiger partial charge in [-0.15, -0.1) is 10.2 Å². The summed E-state index contributed by atoms with van der Waals surface area (Å²) in [5, 5.41) is 7.41. The van der Waals surface area contributed by atoms with E-state index in [9.17, 15) is 0 Å². The summed E-state index contributed by atoms with van der Waals surface area (Å²) in [4.78, 5) is 7.83. The molecule has 0 spiro atoms. The third-order valence-corrected chi connectivity index (χ3v) is 1.30. The molecule has 10 heavy (non-hydrogen) atoms. The zero-order valence-electron chi connectivity index (χ0n) is 5.39. The first-order valence-electron chi connectivity index (χ1n) is 2.85. The molecule has 0 aliphatic carbocycles. The van der Waals surface area contributed by atoms with Crippen LogP contribution < -0.4 is 0 Å². The molecule has 0 aliphatic rings. The van der Waals surface area contributed by atoms with Crippen molar-refractivity contribution in [3.05, 3.63) is 18.5 Å². The van der Waals surface area contributed by atoms with Gasteiger partial charge in [-0.3, -0.25) is 4.40 Å². The lowest BCUT2D eigenvalue weighted by Gasteiger charge is -1.91. The van der Waals surface area contributed by atoms with E-state index in [-0.39, 0.29) is 0 Å². The zero-order valence-corrected chi connectivity index (χ0v) is 5.39. The molecule has 0 N–H and O–H groups in total. The van der Waals surface area contributed by atoms with Crippen molar-refractivity contribution in [1.29, 1.82) is 0 Å². The molecule has 2 heterocycles. The van der Waals surface area contributed by atoms with Crippen molar-refractivity contribution in [1.82, 2.24) is 24.6 Å². The molecule has 0 amide bonds. The second kappa shape index (κ2) is 1.73. The van der Waals surface area contributed by atoms with E-state index in [0.29, 0.717) is 5.78 Å². The highest BCUT2D eigenvalue weighted by atomic mass is 15.3. The molecule has 0 bridgehead atoms. The van der Waals surface area contributed by atoms with Crippen LogP contribution in [0.3, 0.4) is 0 Å². The second-order valence-corrected chi connectivity index (χ2v) is 1.92. The lowest BCUT2D eigenvalue weighted by molar-refractivity contribution is 0.935. The minimum atomic E-state index is 0.590. The molecular weight excluding hydrogens is 130 g/mol. The third kappa shape index (κ3) is 0.570. The van der Waals surface area contributed by atoms with Gasteiger partial charge in [-0.1, -0.05) is 0 Å². The van der Waals surface area contributed by atoms with Crippen molar-refractivity contribution in [3.8, 4) is 0 Å². The maximum atomic E-state index is 3.95. The number of hydrogen-bond donors (Lipinski definition) is 0. The molecule has 2 aromatic heterocycles. The Morgan fingerprint density at radius 2 is 2.30 bits per heavy atom. The Hall–Kier alpha value is -1.52. The smallest absolute Gasteiger partial charge is 0.253 e. The first-order chi connectivity index (χ1) is 4.88. The molecule has 50 valence electrons. The molecule has 0 aliphatic heterocycles. The standard InChI is InChI=1S/C5H5N5/c1-4-6-2-7-5-9-8-3-10(4)5/h2-3H,1H3. The summed E-state index contributed by atoms with van der Waals surface area (Å²) in [7, 11) is 0. The van der Waals surface area contributed by atoms with Gasteiger partial charge >= 0.3 is 0 Å². The molecule has 2 aromatic rings. The lowest BCUT2D eigenvalue weighted by atomic mass is 10.7. The van der Waals surface area contributed by atoms with Gasteiger partial charge in [-0.25, -0.2) is 4.98 Å². The van der Waals surface area contributed by atoms with Crippen LogP contribution >= 0.6 is 0 Å². The fraction of sp³-hybridized carbons (Fsp3) is 0.200. The van der Waals surface area contributed by atoms with Crippen LogP contribution in [0.2, 0.25) is 0 Å². The van der Waals surface area contributed by atoms with Gasteiger partial charge in [0.25, 0.3) is 5.78 Å². The summed E-state index contributed by atoms with van der Waals surface area (Å²) in [6.07, 6.45) is 3.06. The van der Waals surface area contributed by atoms with E-state index in [2.05, 4.69) is 20.2 Å². The van der Waals surface area contributed by atoms with Gasteiger partial charge in [-0.2, -0.15) is 4.98 Å². The zero-order chi connectivity index (χ0) is 6.97. The van der Waals surface area contributed by atoms with E-state index < -0.39 is 0 Å². The van der Waals surface area contributed by atoms with Crippen LogP contribution in [-0.4, -0.2) is 24.6 Å². The molecule has 0 saturated carbocycles. The summed E-state index contributed by atoms with van der Waals surface area (Å²) >= 11 is 0. The number of nitrogens with zero attached hydrogens (tertiary/aromatic N) is 5. The number of fused-ring (bicyclic) bond motifs is 1. The minimum Gasteiger partial charge on any atom is -0.253 e. The fourth-order valence-electron chi connectivity index (χ4n) is 0.771. The normalized spacial score (nSPS) is 10.5. The molecule has 0 saturated heterocycles. The lowest BCUT2D eigenvalue weighted by Crippen LogP contribution is -1.94. The quantitative estimate of drug-likeness (QED) is 0.503. The molecule has 0 fully saturated rings. The van der Waals surface area contributed by atoms with Crippen LogP contribution in [0.15, 0.2) is 12.7 Å². The van der Waals surface area contributed by atoms with Crippen LogP contribution in [0.5, 0.6) is 0 Å². The fourth-order valence-corrected chi connectivity index (χ4v) is 0.771. The highest BCUT2D eigenvalue weighted by Gasteiger charge is 1.96. The molecule has 0 unspecified atom stereocenters. The Balaban J connectivity index is 2.95.